The number of carbonyl (C=O) groups is 1. The number of nitrogens with zero attached hydrogens (tertiary/aromatic N) is 3. The maximum atomic E-state index is 13.4. The molecular formula is C30H30N4O3. The van der Waals surface area contributed by atoms with Gasteiger partial charge in [-0.25, -0.2) is 4.79 Å². The maximum absolute atomic E-state index is 13.4. The molecule has 5 rings (SSSR count). The molecule has 1 aromatic heterocycles. The molecule has 2 heterocycles. The van der Waals surface area contributed by atoms with Crippen LogP contribution in [0.2, 0.25) is 0 Å². The number of aromatic nitrogens is 2. The first kappa shape index (κ1) is 24.3. The topological polar surface area (TPSA) is 80.5 Å². The van der Waals surface area contributed by atoms with Gasteiger partial charge in [0.05, 0.1) is 24.8 Å². The summed E-state index contributed by atoms with van der Waals surface area (Å²) in [6.07, 6.45) is 0.970. The Balaban J connectivity index is 1.55. The predicted octanol–water partition coefficient (Wildman–Crippen LogP) is 6.40. The van der Waals surface area contributed by atoms with Crippen LogP contribution in [0, 0.1) is 0 Å². The van der Waals surface area contributed by atoms with Crippen LogP contribution in [0.25, 0.3) is 17.0 Å². The standard InChI is InChI=1S/C30H30N4O3/c1-4-21-11-13-22(14-12-21)19-34-20(3)26(29-32-28(33-37-29)24-9-7-6-8-10-24)27(31-30(34)35)23-15-17-25(18-16-23)36-5-2/h6-18,27H,4-5,19H2,1-3H3,(H,31,35). The summed E-state index contributed by atoms with van der Waals surface area (Å²) in [6.45, 7) is 7.02. The van der Waals surface area contributed by atoms with Crippen LogP contribution in [0.5, 0.6) is 5.75 Å². The molecule has 1 aliphatic rings. The van der Waals surface area contributed by atoms with Gasteiger partial charge in [0.2, 0.25) is 5.82 Å². The average Bonchev–Trinajstić information content (AvgIpc) is 3.42. The monoisotopic (exact) mass is 494 g/mol. The van der Waals surface area contributed by atoms with Gasteiger partial charge in [-0.1, -0.05) is 78.8 Å². The molecule has 1 unspecified atom stereocenters. The van der Waals surface area contributed by atoms with E-state index in [1.807, 2.05) is 68.4 Å². The number of aryl methyl sites for hydroxylation is 1. The van der Waals surface area contributed by atoms with Gasteiger partial charge in [-0.3, -0.25) is 4.90 Å². The van der Waals surface area contributed by atoms with E-state index < -0.39 is 6.04 Å². The molecule has 1 atom stereocenters. The van der Waals surface area contributed by atoms with E-state index in [-0.39, 0.29) is 6.03 Å². The molecule has 0 spiro atoms. The molecule has 3 aromatic carbocycles. The maximum Gasteiger partial charge on any atom is 0.322 e. The van der Waals surface area contributed by atoms with Crippen LogP contribution < -0.4 is 10.1 Å². The smallest absolute Gasteiger partial charge is 0.322 e. The van der Waals surface area contributed by atoms with Crippen LogP contribution in [0.1, 0.15) is 49.4 Å². The summed E-state index contributed by atoms with van der Waals surface area (Å²) in [5, 5.41) is 7.40. The lowest BCUT2D eigenvalue weighted by Crippen LogP contribution is -2.45. The third-order valence-corrected chi connectivity index (χ3v) is 6.58. The zero-order valence-electron chi connectivity index (χ0n) is 21.3. The fourth-order valence-electron chi connectivity index (χ4n) is 4.52. The quantitative estimate of drug-likeness (QED) is 0.307. The Morgan fingerprint density at radius 3 is 2.32 bits per heavy atom. The van der Waals surface area contributed by atoms with Gasteiger partial charge in [-0.2, -0.15) is 4.98 Å². The van der Waals surface area contributed by atoms with Crippen molar-refractivity contribution < 1.29 is 14.1 Å². The number of benzene rings is 3. The lowest BCUT2D eigenvalue weighted by atomic mass is 9.94. The Bertz CT molecular complexity index is 1390. The van der Waals surface area contributed by atoms with E-state index in [4.69, 9.17) is 14.2 Å². The Morgan fingerprint density at radius 2 is 1.65 bits per heavy atom. The molecule has 4 aromatic rings. The number of ether oxygens (including phenoxy) is 1. The van der Waals surface area contributed by atoms with Gasteiger partial charge in [0.15, 0.2) is 0 Å². The molecule has 0 aliphatic carbocycles. The summed E-state index contributed by atoms with van der Waals surface area (Å²) in [5.41, 5.74) is 5.60. The molecule has 7 heteroatoms. The zero-order chi connectivity index (χ0) is 25.8. The highest BCUT2D eigenvalue weighted by molar-refractivity contribution is 5.87. The second-order valence-electron chi connectivity index (χ2n) is 8.93. The molecule has 0 saturated heterocycles. The van der Waals surface area contributed by atoms with Crippen LogP contribution >= 0.6 is 0 Å². The van der Waals surface area contributed by atoms with Crippen molar-refractivity contribution in [2.45, 2.75) is 39.8 Å². The molecule has 0 saturated carbocycles. The van der Waals surface area contributed by atoms with Crippen molar-refractivity contribution in [3.05, 3.63) is 107 Å². The number of nitrogens with one attached hydrogen (secondary N) is 1. The first-order valence-corrected chi connectivity index (χ1v) is 12.6. The highest BCUT2D eigenvalue weighted by Crippen LogP contribution is 2.38. The molecule has 0 fully saturated rings. The number of amides is 2. The van der Waals surface area contributed by atoms with E-state index in [0.29, 0.717) is 24.9 Å². The van der Waals surface area contributed by atoms with E-state index in [1.54, 1.807) is 4.90 Å². The first-order valence-electron chi connectivity index (χ1n) is 12.6. The van der Waals surface area contributed by atoms with Crippen LogP contribution in [-0.4, -0.2) is 27.7 Å². The molecule has 1 aliphatic heterocycles. The SMILES string of the molecule is CCOc1ccc(C2NC(=O)N(Cc3ccc(CC)cc3)C(C)=C2c2nc(-c3ccccc3)no2)cc1. The van der Waals surface area contributed by atoms with Crippen LogP contribution in [0.4, 0.5) is 4.79 Å². The van der Waals surface area contributed by atoms with Crippen molar-refractivity contribution in [1.29, 1.82) is 0 Å². The van der Waals surface area contributed by atoms with E-state index >= 15 is 0 Å². The van der Waals surface area contributed by atoms with Gasteiger partial charge < -0.3 is 14.6 Å². The minimum atomic E-state index is -0.453. The summed E-state index contributed by atoms with van der Waals surface area (Å²) < 4.78 is 11.4. The highest BCUT2D eigenvalue weighted by atomic mass is 16.5. The minimum absolute atomic E-state index is 0.178. The van der Waals surface area contributed by atoms with E-state index in [9.17, 15) is 4.79 Å². The second kappa shape index (κ2) is 10.7. The van der Waals surface area contributed by atoms with Crippen molar-refractivity contribution in [1.82, 2.24) is 20.4 Å². The van der Waals surface area contributed by atoms with Crippen molar-refractivity contribution in [3.63, 3.8) is 0 Å². The average molecular weight is 495 g/mol. The molecule has 188 valence electrons. The predicted molar refractivity (Wildman–Crippen MR) is 143 cm³/mol. The van der Waals surface area contributed by atoms with E-state index in [2.05, 4.69) is 41.7 Å². The van der Waals surface area contributed by atoms with Crippen molar-refractivity contribution in [2.24, 2.45) is 0 Å². The fourth-order valence-corrected chi connectivity index (χ4v) is 4.52. The molecule has 0 bridgehead atoms. The number of allylic oxidation sites excluding steroid dienone is 1. The van der Waals surface area contributed by atoms with E-state index in [0.717, 1.165) is 40.1 Å². The van der Waals surface area contributed by atoms with Crippen LogP contribution in [0.3, 0.4) is 0 Å². The van der Waals surface area contributed by atoms with Crippen molar-refractivity contribution >= 4 is 11.6 Å². The molecule has 2 amide bonds. The zero-order valence-corrected chi connectivity index (χ0v) is 21.3. The lowest BCUT2D eigenvalue weighted by molar-refractivity contribution is 0.203. The third-order valence-electron chi connectivity index (χ3n) is 6.58. The van der Waals surface area contributed by atoms with Crippen LogP contribution in [-0.2, 0) is 13.0 Å². The summed E-state index contributed by atoms with van der Waals surface area (Å²) in [7, 11) is 0. The molecule has 0 radical (unpaired) electrons. The molecular weight excluding hydrogens is 464 g/mol. The van der Waals surface area contributed by atoms with Crippen LogP contribution in [0.15, 0.2) is 89.1 Å². The summed E-state index contributed by atoms with van der Waals surface area (Å²) in [4.78, 5) is 19.8. The second-order valence-corrected chi connectivity index (χ2v) is 8.93. The Hall–Kier alpha value is -4.39. The lowest BCUT2D eigenvalue weighted by Gasteiger charge is -2.35. The number of rotatable bonds is 8. The molecule has 1 N–H and O–H groups in total. The fraction of sp³-hybridized carbons (Fsp3) is 0.233. The molecule has 7 nitrogen and oxygen atoms in total. The normalized spacial score (nSPS) is 15.6. The van der Waals surface area contributed by atoms with Gasteiger partial charge in [0, 0.05) is 11.3 Å². The Labute approximate surface area is 216 Å². The van der Waals surface area contributed by atoms with Crippen molar-refractivity contribution in [3.8, 4) is 17.1 Å². The summed E-state index contributed by atoms with van der Waals surface area (Å²) in [6, 6.07) is 25.1. The Morgan fingerprint density at radius 1 is 0.946 bits per heavy atom. The third kappa shape index (κ3) is 5.11. The van der Waals surface area contributed by atoms with Gasteiger partial charge in [0.25, 0.3) is 5.89 Å². The van der Waals surface area contributed by atoms with E-state index in [1.165, 1.54) is 5.56 Å². The first-order chi connectivity index (χ1) is 18.1. The Kier molecular flexibility index (Phi) is 7.03. The largest absolute Gasteiger partial charge is 0.494 e. The number of hydrogen-bond donors (Lipinski definition) is 1. The van der Waals surface area contributed by atoms with Gasteiger partial charge >= 0.3 is 6.03 Å². The van der Waals surface area contributed by atoms with Gasteiger partial charge in [0.1, 0.15) is 5.75 Å². The summed E-state index contributed by atoms with van der Waals surface area (Å²) in [5.74, 6) is 1.65. The number of carbonyl (C=O) groups excluding carboxylic acids is 1. The van der Waals surface area contributed by atoms with Gasteiger partial charge in [-0.15, -0.1) is 0 Å². The highest BCUT2D eigenvalue weighted by Gasteiger charge is 2.35. The summed E-state index contributed by atoms with van der Waals surface area (Å²) >= 11 is 0. The number of urea groups is 1. The van der Waals surface area contributed by atoms with Gasteiger partial charge in [-0.05, 0) is 49.1 Å². The molecule has 37 heavy (non-hydrogen) atoms. The van der Waals surface area contributed by atoms with Crippen molar-refractivity contribution in [2.75, 3.05) is 6.61 Å². The number of hydrogen-bond acceptors (Lipinski definition) is 5. The minimum Gasteiger partial charge on any atom is -0.494 e.